The second-order valence-corrected chi connectivity index (χ2v) is 1.97. The van der Waals surface area contributed by atoms with Crippen molar-refractivity contribution in [3.8, 4) is 0 Å². The van der Waals surface area contributed by atoms with Crippen molar-refractivity contribution >= 4 is 6.29 Å². The Morgan fingerprint density at radius 3 is 3.10 bits per heavy atom. The summed E-state index contributed by atoms with van der Waals surface area (Å²) in [6.07, 6.45) is 2.87. The van der Waals surface area contributed by atoms with Gasteiger partial charge in [0, 0.05) is 12.6 Å². The van der Waals surface area contributed by atoms with E-state index in [1.165, 1.54) is 0 Å². The molecule has 1 aromatic rings. The molecule has 0 bridgehead atoms. The first-order valence-corrected chi connectivity index (χ1v) is 3.05. The third-order valence-electron chi connectivity index (χ3n) is 1.13. The zero-order valence-electron chi connectivity index (χ0n) is 5.74. The van der Waals surface area contributed by atoms with Crippen LogP contribution in [-0.4, -0.2) is 16.3 Å². The van der Waals surface area contributed by atoms with Crippen LogP contribution in [0.15, 0.2) is 12.3 Å². The van der Waals surface area contributed by atoms with E-state index in [1.54, 1.807) is 19.2 Å². The molecule has 1 heterocycles. The lowest BCUT2D eigenvalue weighted by Crippen LogP contribution is -1.94. The average molecular weight is 136 g/mol. The molecule has 0 aliphatic carbocycles. The summed E-state index contributed by atoms with van der Waals surface area (Å²) < 4.78 is 0. The number of carbonyl (C=O) groups excluding carboxylic acids is 1. The van der Waals surface area contributed by atoms with Crippen LogP contribution in [0.1, 0.15) is 11.5 Å². The predicted molar refractivity (Wildman–Crippen MR) is 36.5 cm³/mol. The second-order valence-electron chi connectivity index (χ2n) is 1.97. The highest BCUT2D eigenvalue weighted by molar-refractivity contribution is 5.53. The lowest BCUT2D eigenvalue weighted by Gasteiger charge is -1.93. The van der Waals surface area contributed by atoms with Crippen LogP contribution in [0, 0.1) is 6.92 Å². The van der Waals surface area contributed by atoms with E-state index in [0.29, 0.717) is 12.2 Å². The fourth-order valence-electron chi connectivity index (χ4n) is 0.704. The molecule has 0 saturated carbocycles. The molecule has 0 unspecified atom stereocenters. The van der Waals surface area contributed by atoms with E-state index in [2.05, 4.69) is 9.97 Å². The van der Waals surface area contributed by atoms with E-state index < -0.39 is 0 Å². The van der Waals surface area contributed by atoms with Gasteiger partial charge in [-0.2, -0.15) is 0 Å². The maximum atomic E-state index is 10.0. The molecular formula is C7H8N2O. The Kier molecular flexibility index (Phi) is 2.10. The maximum absolute atomic E-state index is 10.0. The molecule has 0 amide bonds. The molecule has 0 aliphatic heterocycles. The van der Waals surface area contributed by atoms with Gasteiger partial charge in [-0.1, -0.05) is 0 Å². The Morgan fingerprint density at radius 2 is 2.50 bits per heavy atom. The van der Waals surface area contributed by atoms with Gasteiger partial charge in [-0.25, -0.2) is 9.97 Å². The first-order chi connectivity index (χ1) is 4.83. The first-order valence-electron chi connectivity index (χ1n) is 3.05. The van der Waals surface area contributed by atoms with Crippen LogP contribution >= 0.6 is 0 Å². The molecule has 0 saturated heterocycles. The molecule has 3 nitrogen and oxygen atoms in total. The first kappa shape index (κ1) is 6.86. The fraction of sp³-hybridized carbons (Fsp3) is 0.286. The summed E-state index contributed by atoms with van der Waals surface area (Å²) in [6.45, 7) is 1.80. The van der Waals surface area contributed by atoms with Crippen molar-refractivity contribution in [1.29, 1.82) is 0 Å². The minimum atomic E-state index is 0.378. The number of hydrogen-bond donors (Lipinski definition) is 0. The summed E-state index contributed by atoms with van der Waals surface area (Å²) in [5, 5.41) is 0. The van der Waals surface area contributed by atoms with Gasteiger partial charge in [0.05, 0.1) is 5.69 Å². The monoisotopic (exact) mass is 136 g/mol. The number of rotatable bonds is 2. The quantitative estimate of drug-likeness (QED) is 0.557. The summed E-state index contributed by atoms with van der Waals surface area (Å²) >= 11 is 0. The van der Waals surface area contributed by atoms with Crippen LogP contribution in [0.5, 0.6) is 0 Å². The van der Waals surface area contributed by atoms with Gasteiger partial charge in [-0.05, 0) is 13.0 Å². The van der Waals surface area contributed by atoms with Crippen LogP contribution in [0.3, 0.4) is 0 Å². The minimum absolute atomic E-state index is 0.378. The summed E-state index contributed by atoms with van der Waals surface area (Å²) in [5.41, 5.74) is 0.780. The van der Waals surface area contributed by atoms with Crippen LogP contribution in [0.4, 0.5) is 0 Å². The fourth-order valence-corrected chi connectivity index (χ4v) is 0.704. The zero-order valence-corrected chi connectivity index (χ0v) is 5.74. The molecule has 10 heavy (non-hydrogen) atoms. The van der Waals surface area contributed by atoms with Crippen LogP contribution < -0.4 is 0 Å². The van der Waals surface area contributed by atoms with Gasteiger partial charge >= 0.3 is 0 Å². The second kappa shape index (κ2) is 3.06. The normalized spacial score (nSPS) is 9.30. The number of carbonyl (C=O) groups is 1. The lowest BCUT2D eigenvalue weighted by molar-refractivity contribution is -0.107. The third kappa shape index (κ3) is 1.62. The topological polar surface area (TPSA) is 42.9 Å². The van der Waals surface area contributed by atoms with E-state index in [0.717, 1.165) is 12.0 Å². The smallest absolute Gasteiger partial charge is 0.125 e. The van der Waals surface area contributed by atoms with E-state index in [1.807, 2.05) is 0 Å². The largest absolute Gasteiger partial charge is 0.303 e. The molecule has 0 spiro atoms. The molecule has 0 radical (unpaired) electrons. The molecule has 0 fully saturated rings. The standard InChI is InChI=1S/C7H8N2O/c1-6-8-4-2-7(9-6)3-5-10/h2,4-5H,3H2,1H3. The van der Waals surface area contributed by atoms with Crippen molar-refractivity contribution in [2.75, 3.05) is 0 Å². The maximum Gasteiger partial charge on any atom is 0.125 e. The van der Waals surface area contributed by atoms with Crippen molar-refractivity contribution in [2.45, 2.75) is 13.3 Å². The van der Waals surface area contributed by atoms with Gasteiger partial charge in [0.2, 0.25) is 0 Å². The highest BCUT2D eigenvalue weighted by Crippen LogP contribution is 1.92. The van der Waals surface area contributed by atoms with Crippen molar-refractivity contribution < 1.29 is 4.79 Å². The van der Waals surface area contributed by atoms with E-state index >= 15 is 0 Å². The summed E-state index contributed by atoms with van der Waals surface area (Å²) in [6, 6.07) is 1.74. The van der Waals surface area contributed by atoms with Crippen molar-refractivity contribution in [1.82, 2.24) is 9.97 Å². The van der Waals surface area contributed by atoms with Gasteiger partial charge in [0.25, 0.3) is 0 Å². The van der Waals surface area contributed by atoms with Gasteiger partial charge in [0.15, 0.2) is 0 Å². The van der Waals surface area contributed by atoms with Gasteiger partial charge in [-0.15, -0.1) is 0 Å². The molecule has 1 aromatic heterocycles. The SMILES string of the molecule is Cc1nccc(CC=O)n1. The number of aryl methyl sites for hydroxylation is 1. The van der Waals surface area contributed by atoms with Gasteiger partial charge in [0.1, 0.15) is 12.1 Å². The minimum Gasteiger partial charge on any atom is -0.303 e. The van der Waals surface area contributed by atoms with Crippen molar-refractivity contribution in [3.63, 3.8) is 0 Å². The van der Waals surface area contributed by atoms with Gasteiger partial charge in [-0.3, -0.25) is 0 Å². The Labute approximate surface area is 59.1 Å². The van der Waals surface area contributed by atoms with E-state index in [4.69, 9.17) is 0 Å². The molecular weight excluding hydrogens is 128 g/mol. The number of aldehydes is 1. The average Bonchev–Trinajstić information content (AvgIpc) is 1.88. The van der Waals surface area contributed by atoms with Crippen LogP contribution in [0.25, 0.3) is 0 Å². The molecule has 1 rings (SSSR count). The highest BCUT2D eigenvalue weighted by Gasteiger charge is 1.91. The van der Waals surface area contributed by atoms with Crippen molar-refractivity contribution in [2.24, 2.45) is 0 Å². The number of aromatic nitrogens is 2. The summed E-state index contributed by atoms with van der Waals surface area (Å²) in [5.74, 6) is 0.708. The predicted octanol–water partition coefficient (Wildman–Crippen LogP) is 0.526. The molecule has 0 aromatic carbocycles. The Hall–Kier alpha value is -1.25. The molecule has 3 heteroatoms. The molecule has 52 valence electrons. The van der Waals surface area contributed by atoms with E-state index in [-0.39, 0.29) is 0 Å². The van der Waals surface area contributed by atoms with E-state index in [9.17, 15) is 4.79 Å². The molecule has 0 atom stereocenters. The zero-order chi connectivity index (χ0) is 7.40. The lowest BCUT2D eigenvalue weighted by atomic mass is 10.3. The van der Waals surface area contributed by atoms with Crippen LogP contribution in [0.2, 0.25) is 0 Å². The highest BCUT2D eigenvalue weighted by atomic mass is 16.1. The summed E-state index contributed by atoms with van der Waals surface area (Å²) in [4.78, 5) is 17.9. The Morgan fingerprint density at radius 1 is 1.70 bits per heavy atom. The van der Waals surface area contributed by atoms with Gasteiger partial charge < -0.3 is 4.79 Å². The van der Waals surface area contributed by atoms with Crippen molar-refractivity contribution in [3.05, 3.63) is 23.8 Å². The summed E-state index contributed by atoms with van der Waals surface area (Å²) in [7, 11) is 0. The molecule has 0 aliphatic rings. The van der Waals surface area contributed by atoms with Crippen LogP contribution in [-0.2, 0) is 11.2 Å². The number of hydrogen-bond acceptors (Lipinski definition) is 3. The number of nitrogens with zero attached hydrogens (tertiary/aromatic N) is 2. The third-order valence-corrected chi connectivity index (χ3v) is 1.13. The Balaban J connectivity index is 2.84. The molecule has 0 N–H and O–H groups in total. The Bertz CT molecular complexity index is 235.